The molecule has 1 unspecified atom stereocenters. The van der Waals surface area contributed by atoms with Gasteiger partial charge in [0, 0.05) is 0 Å². The van der Waals surface area contributed by atoms with E-state index in [2.05, 4.69) is 0 Å². The second-order valence-electron chi connectivity index (χ2n) is 10.0. The minimum atomic E-state index is 0.793. The number of hydrogen-bond acceptors (Lipinski definition) is 0. The van der Waals surface area contributed by atoms with Gasteiger partial charge in [0.05, 0.1) is 0 Å². The first-order valence-electron chi connectivity index (χ1n) is 11.9. The van der Waals surface area contributed by atoms with Crippen LogP contribution in [0.3, 0.4) is 0 Å². The standard InChI is InChI=1S/C24H42/c1-4-12-20(13-5-1)23-18-10-11-19-24(23,21-14-6-2-7-15-21)22-16-8-3-9-17-22/h20-23H,1-19H2. The van der Waals surface area contributed by atoms with Gasteiger partial charge in [-0.05, 0) is 67.6 Å². The van der Waals surface area contributed by atoms with E-state index in [-0.39, 0.29) is 0 Å². The highest BCUT2D eigenvalue weighted by atomic mass is 14.6. The van der Waals surface area contributed by atoms with Crippen molar-refractivity contribution in [2.24, 2.45) is 29.1 Å². The van der Waals surface area contributed by atoms with Crippen LogP contribution in [0.5, 0.6) is 0 Å². The molecule has 24 heavy (non-hydrogen) atoms. The molecular formula is C24H42. The minimum Gasteiger partial charge on any atom is -0.0533 e. The fourth-order valence-electron chi connectivity index (χ4n) is 8.09. The predicted octanol–water partition coefficient (Wildman–Crippen LogP) is 7.90. The fraction of sp³-hybridized carbons (Fsp3) is 1.00. The third-order valence-electron chi connectivity index (χ3n) is 9.01. The SMILES string of the molecule is C1CCC(C2CCCCC2(C2CCCCC2)C2CCCCC2)CC1. The summed E-state index contributed by atoms with van der Waals surface area (Å²) in [5, 5.41) is 0. The van der Waals surface area contributed by atoms with Gasteiger partial charge in [0.25, 0.3) is 0 Å². The zero-order chi connectivity index (χ0) is 16.2. The van der Waals surface area contributed by atoms with Crippen molar-refractivity contribution in [3.05, 3.63) is 0 Å². The first-order chi connectivity index (χ1) is 11.9. The summed E-state index contributed by atoms with van der Waals surface area (Å²) in [6.45, 7) is 0. The molecule has 0 aliphatic heterocycles. The van der Waals surface area contributed by atoms with Crippen LogP contribution in [-0.2, 0) is 0 Å². The van der Waals surface area contributed by atoms with Crippen LogP contribution < -0.4 is 0 Å². The lowest BCUT2D eigenvalue weighted by molar-refractivity contribution is -0.0910. The van der Waals surface area contributed by atoms with Crippen LogP contribution in [0.1, 0.15) is 122 Å². The van der Waals surface area contributed by atoms with Crippen LogP contribution in [0.15, 0.2) is 0 Å². The van der Waals surface area contributed by atoms with Crippen LogP contribution in [0.25, 0.3) is 0 Å². The van der Waals surface area contributed by atoms with Crippen molar-refractivity contribution in [2.45, 2.75) is 122 Å². The summed E-state index contributed by atoms with van der Waals surface area (Å²) < 4.78 is 0. The van der Waals surface area contributed by atoms with Crippen LogP contribution in [-0.4, -0.2) is 0 Å². The largest absolute Gasteiger partial charge is 0.0533 e. The molecule has 4 fully saturated rings. The van der Waals surface area contributed by atoms with Gasteiger partial charge in [-0.1, -0.05) is 83.5 Å². The molecule has 0 aromatic heterocycles. The molecule has 4 saturated carbocycles. The van der Waals surface area contributed by atoms with Gasteiger partial charge < -0.3 is 0 Å². The quantitative estimate of drug-likeness (QED) is 0.493. The molecule has 0 N–H and O–H groups in total. The number of hydrogen-bond donors (Lipinski definition) is 0. The Labute approximate surface area is 151 Å². The van der Waals surface area contributed by atoms with Crippen molar-refractivity contribution in [1.82, 2.24) is 0 Å². The molecule has 0 amide bonds. The highest BCUT2D eigenvalue weighted by Crippen LogP contribution is 2.62. The topological polar surface area (TPSA) is 0 Å². The van der Waals surface area contributed by atoms with E-state index in [0.717, 1.165) is 29.1 Å². The summed E-state index contributed by atoms with van der Waals surface area (Å²) in [7, 11) is 0. The maximum Gasteiger partial charge on any atom is -0.0210 e. The average molecular weight is 331 g/mol. The van der Waals surface area contributed by atoms with E-state index in [0.29, 0.717) is 0 Å². The predicted molar refractivity (Wildman–Crippen MR) is 104 cm³/mol. The Morgan fingerprint density at radius 1 is 0.417 bits per heavy atom. The van der Waals surface area contributed by atoms with Crippen molar-refractivity contribution in [3.8, 4) is 0 Å². The van der Waals surface area contributed by atoms with Crippen LogP contribution in [0, 0.1) is 29.1 Å². The van der Waals surface area contributed by atoms with E-state index in [1.165, 1.54) is 19.3 Å². The molecule has 0 spiro atoms. The molecule has 4 aliphatic rings. The second-order valence-corrected chi connectivity index (χ2v) is 10.0. The first-order valence-corrected chi connectivity index (χ1v) is 11.9. The highest BCUT2D eigenvalue weighted by Gasteiger charge is 2.53. The van der Waals surface area contributed by atoms with Gasteiger partial charge in [0.2, 0.25) is 0 Å². The minimum absolute atomic E-state index is 0.793. The Balaban J connectivity index is 1.64. The molecule has 1 atom stereocenters. The van der Waals surface area contributed by atoms with Gasteiger partial charge in [0.15, 0.2) is 0 Å². The van der Waals surface area contributed by atoms with Crippen molar-refractivity contribution >= 4 is 0 Å². The Bertz CT molecular complexity index is 347. The van der Waals surface area contributed by atoms with E-state index in [1.807, 2.05) is 0 Å². The molecule has 0 radical (unpaired) electrons. The summed E-state index contributed by atoms with van der Waals surface area (Å²) >= 11 is 0. The summed E-state index contributed by atoms with van der Waals surface area (Å²) in [5.41, 5.74) is 0.793. The Kier molecular flexibility index (Phi) is 5.90. The molecule has 0 aromatic carbocycles. The van der Waals surface area contributed by atoms with Gasteiger partial charge in [0.1, 0.15) is 0 Å². The van der Waals surface area contributed by atoms with Crippen LogP contribution >= 0.6 is 0 Å². The molecule has 0 nitrogen and oxygen atoms in total. The van der Waals surface area contributed by atoms with Gasteiger partial charge >= 0.3 is 0 Å². The van der Waals surface area contributed by atoms with E-state index in [1.54, 1.807) is 103 Å². The van der Waals surface area contributed by atoms with Crippen molar-refractivity contribution < 1.29 is 0 Å². The molecule has 0 heterocycles. The molecule has 138 valence electrons. The molecule has 4 aliphatic carbocycles. The summed E-state index contributed by atoms with van der Waals surface area (Å²) in [6, 6.07) is 0. The third-order valence-corrected chi connectivity index (χ3v) is 9.01. The fourth-order valence-corrected chi connectivity index (χ4v) is 8.09. The first kappa shape index (κ1) is 17.4. The highest BCUT2D eigenvalue weighted by molar-refractivity contribution is 5.02. The smallest absolute Gasteiger partial charge is 0.0210 e. The Hall–Kier alpha value is 0. The lowest BCUT2D eigenvalue weighted by Crippen LogP contribution is -2.50. The number of rotatable bonds is 3. The van der Waals surface area contributed by atoms with E-state index >= 15 is 0 Å². The van der Waals surface area contributed by atoms with E-state index in [9.17, 15) is 0 Å². The maximum atomic E-state index is 1.63. The van der Waals surface area contributed by atoms with Gasteiger partial charge in [-0.3, -0.25) is 0 Å². The lowest BCUT2D eigenvalue weighted by atomic mass is 9.46. The van der Waals surface area contributed by atoms with Gasteiger partial charge in [-0.2, -0.15) is 0 Å². The molecular weight excluding hydrogens is 288 g/mol. The molecule has 0 saturated heterocycles. The van der Waals surface area contributed by atoms with Gasteiger partial charge in [-0.25, -0.2) is 0 Å². The molecule has 0 heteroatoms. The molecule has 0 bridgehead atoms. The third kappa shape index (κ3) is 3.33. The summed E-state index contributed by atoms with van der Waals surface area (Å²) in [6.07, 6.45) is 29.8. The van der Waals surface area contributed by atoms with Crippen molar-refractivity contribution in [2.75, 3.05) is 0 Å². The van der Waals surface area contributed by atoms with Crippen molar-refractivity contribution in [3.63, 3.8) is 0 Å². The Morgan fingerprint density at radius 2 is 0.875 bits per heavy atom. The Morgan fingerprint density at radius 3 is 1.42 bits per heavy atom. The van der Waals surface area contributed by atoms with Gasteiger partial charge in [-0.15, -0.1) is 0 Å². The van der Waals surface area contributed by atoms with Crippen LogP contribution in [0.2, 0.25) is 0 Å². The molecule has 4 rings (SSSR count). The monoisotopic (exact) mass is 330 g/mol. The average Bonchev–Trinajstić information content (AvgIpc) is 2.70. The summed E-state index contributed by atoms with van der Waals surface area (Å²) in [5.74, 6) is 4.46. The zero-order valence-corrected chi connectivity index (χ0v) is 16.2. The van der Waals surface area contributed by atoms with E-state index < -0.39 is 0 Å². The molecule has 0 aromatic rings. The normalized spacial score (nSPS) is 34.2. The van der Waals surface area contributed by atoms with Crippen LogP contribution in [0.4, 0.5) is 0 Å². The van der Waals surface area contributed by atoms with E-state index in [4.69, 9.17) is 0 Å². The summed E-state index contributed by atoms with van der Waals surface area (Å²) in [4.78, 5) is 0. The zero-order valence-electron chi connectivity index (χ0n) is 16.2. The maximum absolute atomic E-state index is 1.63. The second kappa shape index (κ2) is 8.13. The van der Waals surface area contributed by atoms with Crippen molar-refractivity contribution in [1.29, 1.82) is 0 Å². The lowest BCUT2D eigenvalue weighted by Gasteiger charge is -2.58.